The molecule has 0 atom stereocenters. The second-order valence-electron chi connectivity index (χ2n) is 5.91. The number of nitrogens with one attached hydrogen (secondary N) is 1. The molecule has 2 aromatic heterocycles. The predicted molar refractivity (Wildman–Crippen MR) is 111 cm³/mol. The fourth-order valence-corrected chi connectivity index (χ4v) is 3.05. The third-order valence-corrected chi connectivity index (χ3v) is 4.50. The van der Waals surface area contributed by atoms with Crippen molar-refractivity contribution in [3.8, 4) is 11.5 Å². The van der Waals surface area contributed by atoms with Crippen molar-refractivity contribution in [3.63, 3.8) is 0 Å². The highest BCUT2D eigenvalue weighted by molar-refractivity contribution is 6.35. The first-order valence-corrected chi connectivity index (χ1v) is 9.10. The van der Waals surface area contributed by atoms with Gasteiger partial charge in [-0.05, 0) is 60.2 Å². The summed E-state index contributed by atoms with van der Waals surface area (Å²) in [6.45, 7) is 0. The topological polar surface area (TPSA) is 68.0 Å². The van der Waals surface area contributed by atoms with Crippen molar-refractivity contribution < 1.29 is 9.21 Å². The molecule has 28 heavy (non-hydrogen) atoms. The summed E-state index contributed by atoms with van der Waals surface area (Å²) in [5.41, 5.74) is 3.33. The zero-order valence-electron chi connectivity index (χ0n) is 14.4. The lowest BCUT2D eigenvalue weighted by Crippen LogP contribution is -2.07. The number of nitrogens with zero attached hydrogens (tertiary/aromatic N) is 2. The van der Waals surface area contributed by atoms with Gasteiger partial charge in [-0.2, -0.15) is 4.98 Å². The van der Waals surface area contributed by atoms with Crippen LogP contribution in [0.15, 0.2) is 71.3 Å². The van der Waals surface area contributed by atoms with Gasteiger partial charge in [0.15, 0.2) is 11.2 Å². The molecule has 0 spiro atoms. The Morgan fingerprint density at radius 1 is 1.07 bits per heavy atom. The SMILES string of the molecule is O=C(C=Cc1ccc(Cl)cc1Cl)Nc1ccc(-c2nc3ncccc3o2)cc1. The highest BCUT2D eigenvalue weighted by atomic mass is 35.5. The van der Waals surface area contributed by atoms with Gasteiger partial charge in [0, 0.05) is 33.6 Å². The van der Waals surface area contributed by atoms with Gasteiger partial charge in [0.05, 0.1) is 0 Å². The Balaban J connectivity index is 1.45. The van der Waals surface area contributed by atoms with Crippen LogP contribution in [0.25, 0.3) is 28.8 Å². The summed E-state index contributed by atoms with van der Waals surface area (Å²) < 4.78 is 5.69. The molecule has 0 radical (unpaired) electrons. The second kappa shape index (κ2) is 7.84. The van der Waals surface area contributed by atoms with Gasteiger partial charge in [-0.3, -0.25) is 4.79 Å². The number of amides is 1. The van der Waals surface area contributed by atoms with Gasteiger partial charge in [0.2, 0.25) is 11.8 Å². The Labute approximate surface area is 170 Å². The van der Waals surface area contributed by atoms with Crippen molar-refractivity contribution in [2.75, 3.05) is 5.32 Å². The minimum Gasteiger partial charge on any atom is -0.434 e. The number of halogens is 2. The summed E-state index contributed by atoms with van der Waals surface area (Å²) >= 11 is 12.0. The average molecular weight is 410 g/mol. The summed E-state index contributed by atoms with van der Waals surface area (Å²) in [4.78, 5) is 20.6. The number of hydrogen-bond acceptors (Lipinski definition) is 4. The van der Waals surface area contributed by atoms with Crippen LogP contribution in [0.1, 0.15) is 5.56 Å². The summed E-state index contributed by atoms with van der Waals surface area (Å²) in [6.07, 6.45) is 4.71. The predicted octanol–water partition coefficient (Wildman–Crippen LogP) is 5.85. The van der Waals surface area contributed by atoms with Crippen LogP contribution in [0, 0.1) is 0 Å². The molecule has 0 saturated carbocycles. The summed E-state index contributed by atoms with van der Waals surface area (Å²) in [7, 11) is 0. The summed E-state index contributed by atoms with van der Waals surface area (Å²) in [5.74, 6) is 0.202. The van der Waals surface area contributed by atoms with Gasteiger partial charge in [-0.1, -0.05) is 29.3 Å². The summed E-state index contributed by atoms with van der Waals surface area (Å²) in [6, 6.07) is 15.9. The summed E-state index contributed by atoms with van der Waals surface area (Å²) in [5, 5.41) is 3.81. The molecule has 2 aromatic carbocycles. The van der Waals surface area contributed by atoms with Gasteiger partial charge >= 0.3 is 0 Å². The minimum absolute atomic E-state index is 0.273. The lowest BCUT2D eigenvalue weighted by molar-refractivity contribution is -0.111. The van der Waals surface area contributed by atoms with Gasteiger partial charge < -0.3 is 9.73 Å². The first-order chi connectivity index (χ1) is 13.6. The standard InChI is InChI=1S/C21H13Cl2N3O2/c22-15-7-3-13(17(23)12-15)6-10-19(27)25-16-8-4-14(5-9-16)21-26-20-18(28-21)2-1-11-24-20/h1-12H,(H,25,27). The van der Waals surface area contributed by atoms with E-state index in [9.17, 15) is 4.79 Å². The minimum atomic E-state index is -0.273. The van der Waals surface area contributed by atoms with Crippen LogP contribution in [0.3, 0.4) is 0 Å². The van der Waals surface area contributed by atoms with E-state index in [1.165, 1.54) is 6.08 Å². The van der Waals surface area contributed by atoms with E-state index >= 15 is 0 Å². The van der Waals surface area contributed by atoms with E-state index in [1.54, 1.807) is 48.7 Å². The van der Waals surface area contributed by atoms with E-state index in [0.717, 1.165) is 5.56 Å². The van der Waals surface area contributed by atoms with Crippen LogP contribution < -0.4 is 5.32 Å². The third kappa shape index (κ3) is 4.06. The Bertz CT molecular complexity index is 1150. The largest absolute Gasteiger partial charge is 0.434 e. The zero-order chi connectivity index (χ0) is 19.5. The number of anilines is 1. The Kier molecular flexibility index (Phi) is 5.10. The van der Waals surface area contributed by atoms with Crippen molar-refractivity contribution in [2.24, 2.45) is 0 Å². The maximum absolute atomic E-state index is 12.1. The molecule has 0 aliphatic rings. The van der Waals surface area contributed by atoms with E-state index in [4.69, 9.17) is 27.6 Å². The monoisotopic (exact) mass is 409 g/mol. The Morgan fingerprint density at radius 2 is 1.89 bits per heavy atom. The van der Waals surface area contributed by atoms with Crippen LogP contribution in [0.5, 0.6) is 0 Å². The molecule has 0 bridgehead atoms. The molecule has 4 aromatic rings. The lowest BCUT2D eigenvalue weighted by Gasteiger charge is -2.03. The zero-order valence-corrected chi connectivity index (χ0v) is 15.9. The number of aromatic nitrogens is 2. The maximum atomic E-state index is 12.1. The van der Waals surface area contributed by atoms with Crippen LogP contribution in [-0.4, -0.2) is 15.9 Å². The molecule has 5 nitrogen and oxygen atoms in total. The molecule has 7 heteroatoms. The first-order valence-electron chi connectivity index (χ1n) is 8.34. The lowest BCUT2D eigenvalue weighted by atomic mass is 10.2. The van der Waals surface area contributed by atoms with Crippen LogP contribution in [-0.2, 0) is 4.79 Å². The molecule has 0 saturated heterocycles. The Morgan fingerprint density at radius 3 is 2.64 bits per heavy atom. The highest BCUT2D eigenvalue weighted by Crippen LogP contribution is 2.25. The number of oxazole rings is 1. The molecule has 0 aliphatic heterocycles. The van der Waals surface area contributed by atoms with Crippen molar-refractivity contribution in [3.05, 3.63) is 82.5 Å². The van der Waals surface area contributed by atoms with E-state index < -0.39 is 0 Å². The highest BCUT2D eigenvalue weighted by Gasteiger charge is 2.09. The van der Waals surface area contributed by atoms with Crippen molar-refractivity contribution >= 4 is 52.1 Å². The van der Waals surface area contributed by atoms with Crippen molar-refractivity contribution in [1.29, 1.82) is 0 Å². The quantitative estimate of drug-likeness (QED) is 0.429. The number of benzene rings is 2. The number of pyridine rings is 1. The molecule has 4 rings (SSSR count). The normalized spacial score (nSPS) is 11.2. The first kappa shape index (κ1) is 18.2. The molecule has 1 amide bonds. The number of carbonyl (C=O) groups is 1. The van der Waals surface area contributed by atoms with E-state index in [2.05, 4.69) is 15.3 Å². The van der Waals surface area contributed by atoms with Crippen LogP contribution in [0.2, 0.25) is 10.0 Å². The fraction of sp³-hybridized carbons (Fsp3) is 0. The molecule has 0 fully saturated rings. The fourth-order valence-electron chi connectivity index (χ4n) is 2.57. The number of fused-ring (bicyclic) bond motifs is 1. The Hall–Kier alpha value is -3.15. The number of rotatable bonds is 4. The second-order valence-corrected chi connectivity index (χ2v) is 6.75. The molecule has 1 N–H and O–H groups in total. The molecular formula is C21H13Cl2N3O2. The number of carbonyl (C=O) groups excluding carboxylic acids is 1. The average Bonchev–Trinajstić information content (AvgIpc) is 3.12. The number of hydrogen-bond donors (Lipinski definition) is 1. The third-order valence-electron chi connectivity index (χ3n) is 3.94. The van der Waals surface area contributed by atoms with Crippen molar-refractivity contribution in [2.45, 2.75) is 0 Å². The molecule has 138 valence electrons. The molecule has 0 unspecified atom stereocenters. The van der Waals surface area contributed by atoms with Gasteiger partial charge in [-0.25, -0.2) is 4.98 Å². The molecule has 0 aliphatic carbocycles. The van der Waals surface area contributed by atoms with E-state index in [-0.39, 0.29) is 5.91 Å². The molecular weight excluding hydrogens is 397 g/mol. The van der Waals surface area contributed by atoms with Crippen LogP contribution in [0.4, 0.5) is 5.69 Å². The van der Waals surface area contributed by atoms with Gasteiger partial charge in [0.1, 0.15) is 0 Å². The smallest absolute Gasteiger partial charge is 0.248 e. The van der Waals surface area contributed by atoms with Crippen molar-refractivity contribution in [1.82, 2.24) is 9.97 Å². The van der Waals surface area contributed by atoms with Crippen LogP contribution >= 0.6 is 23.2 Å². The maximum Gasteiger partial charge on any atom is 0.248 e. The van der Waals surface area contributed by atoms with E-state index in [0.29, 0.717) is 38.4 Å². The van der Waals surface area contributed by atoms with Gasteiger partial charge in [0.25, 0.3) is 0 Å². The van der Waals surface area contributed by atoms with Gasteiger partial charge in [-0.15, -0.1) is 0 Å². The van der Waals surface area contributed by atoms with E-state index in [1.807, 2.05) is 18.2 Å². The molecule has 2 heterocycles.